The number of H-pyrrole nitrogens is 1. The fourth-order valence-corrected chi connectivity index (χ4v) is 2.39. The molecule has 2 heterocycles. The minimum Gasteiger partial charge on any atom is -0.385 e. The number of hydrogen-bond donors (Lipinski definition) is 2. The Morgan fingerprint density at radius 3 is 2.79 bits per heavy atom. The van der Waals surface area contributed by atoms with E-state index in [1.807, 2.05) is 32.0 Å². The first-order valence-electron chi connectivity index (χ1n) is 8.96. The Morgan fingerprint density at radius 1 is 1.41 bits per heavy atom. The third-order valence-electron chi connectivity index (χ3n) is 3.95. The van der Waals surface area contributed by atoms with Crippen LogP contribution in [0.25, 0.3) is 11.4 Å². The van der Waals surface area contributed by atoms with E-state index in [4.69, 9.17) is 0 Å². The quantitative estimate of drug-likeness (QED) is 0.595. The average Bonchev–Trinajstić information content (AvgIpc) is 3.25. The van der Waals surface area contributed by atoms with Crippen LogP contribution in [0.5, 0.6) is 0 Å². The van der Waals surface area contributed by atoms with Crippen LogP contribution in [0.3, 0.4) is 0 Å². The molecule has 0 bridgehead atoms. The minimum atomic E-state index is 0.459. The van der Waals surface area contributed by atoms with E-state index in [9.17, 15) is 4.79 Å². The van der Waals surface area contributed by atoms with E-state index < -0.39 is 0 Å². The van der Waals surface area contributed by atoms with E-state index in [1.165, 1.54) is 12.4 Å². The molecule has 0 saturated heterocycles. The Kier molecular flexibility index (Phi) is 7.99. The van der Waals surface area contributed by atoms with Crippen LogP contribution in [0.15, 0.2) is 58.7 Å². The Labute approximate surface area is 169 Å². The highest BCUT2D eigenvalue weighted by Crippen LogP contribution is 2.26. The molecule has 1 aliphatic rings. The van der Waals surface area contributed by atoms with Gasteiger partial charge < -0.3 is 4.74 Å². The van der Waals surface area contributed by atoms with Crippen molar-refractivity contribution in [2.75, 3.05) is 13.7 Å². The molecule has 0 fully saturated rings. The first-order chi connectivity index (χ1) is 14.0. The van der Waals surface area contributed by atoms with Crippen LogP contribution >= 0.6 is 0 Å². The van der Waals surface area contributed by atoms with Crippen LogP contribution in [-0.2, 0) is 9.53 Å². The second-order valence-electron chi connectivity index (χ2n) is 5.99. The number of benzene rings is 1. The molecule has 3 rings (SSSR count). The SMILES string of the molecule is C=C1C=NNC(=Nc2cc(-c3ncn[nH]3)ccc2C)N1/C(C)=C/C=O.CCOC. The van der Waals surface area contributed by atoms with Crippen LogP contribution in [0.4, 0.5) is 5.69 Å². The maximum atomic E-state index is 10.8. The molecular weight excluding hydrogens is 370 g/mol. The van der Waals surface area contributed by atoms with Crippen LogP contribution in [0, 0.1) is 6.92 Å². The molecule has 152 valence electrons. The van der Waals surface area contributed by atoms with Gasteiger partial charge in [0.05, 0.1) is 17.6 Å². The molecule has 29 heavy (non-hydrogen) atoms. The molecule has 0 radical (unpaired) electrons. The number of ether oxygens (including phenoxy) is 1. The lowest BCUT2D eigenvalue weighted by atomic mass is 10.1. The number of aromatic nitrogens is 3. The monoisotopic (exact) mass is 395 g/mol. The van der Waals surface area contributed by atoms with Crippen LogP contribution < -0.4 is 5.43 Å². The second-order valence-corrected chi connectivity index (χ2v) is 5.99. The third-order valence-corrected chi connectivity index (χ3v) is 3.95. The molecule has 9 nitrogen and oxygen atoms in total. The molecule has 0 amide bonds. The fourth-order valence-electron chi connectivity index (χ4n) is 2.39. The summed E-state index contributed by atoms with van der Waals surface area (Å²) in [5.41, 5.74) is 6.74. The lowest BCUT2D eigenvalue weighted by Crippen LogP contribution is -2.40. The van der Waals surface area contributed by atoms with E-state index >= 15 is 0 Å². The summed E-state index contributed by atoms with van der Waals surface area (Å²) in [6.45, 7) is 10.5. The van der Waals surface area contributed by atoms with Crippen molar-refractivity contribution >= 4 is 24.1 Å². The van der Waals surface area contributed by atoms with Gasteiger partial charge in [-0.2, -0.15) is 10.2 Å². The van der Waals surface area contributed by atoms with Crippen molar-refractivity contribution in [3.8, 4) is 11.4 Å². The number of hydrazone groups is 1. The number of carbonyl (C=O) groups is 1. The number of aromatic amines is 1. The molecule has 2 aromatic rings. The first kappa shape index (κ1) is 21.7. The van der Waals surface area contributed by atoms with Crippen molar-refractivity contribution in [1.82, 2.24) is 25.5 Å². The van der Waals surface area contributed by atoms with Crippen molar-refractivity contribution in [2.45, 2.75) is 20.8 Å². The van der Waals surface area contributed by atoms with Gasteiger partial charge in [0.2, 0.25) is 5.96 Å². The second kappa shape index (κ2) is 10.7. The minimum absolute atomic E-state index is 0.459. The van der Waals surface area contributed by atoms with Gasteiger partial charge in [-0.05, 0) is 38.5 Å². The number of rotatable bonds is 5. The zero-order chi connectivity index (χ0) is 21.2. The number of hydrogen-bond acceptors (Lipinski definition) is 6. The van der Waals surface area contributed by atoms with Gasteiger partial charge in [-0.15, -0.1) is 0 Å². The molecule has 0 atom stereocenters. The van der Waals surface area contributed by atoms with Gasteiger partial charge in [0.15, 0.2) is 5.82 Å². The molecule has 1 aliphatic heterocycles. The number of allylic oxidation sites excluding steroid dienone is 3. The van der Waals surface area contributed by atoms with Crippen molar-refractivity contribution in [2.24, 2.45) is 10.1 Å². The van der Waals surface area contributed by atoms with Crippen molar-refractivity contribution in [1.29, 1.82) is 0 Å². The summed E-state index contributed by atoms with van der Waals surface area (Å²) in [5.74, 6) is 1.12. The van der Waals surface area contributed by atoms with Crippen molar-refractivity contribution in [3.63, 3.8) is 0 Å². The van der Waals surface area contributed by atoms with Crippen LogP contribution in [0.1, 0.15) is 19.4 Å². The lowest BCUT2D eigenvalue weighted by Gasteiger charge is -2.28. The summed E-state index contributed by atoms with van der Waals surface area (Å²) in [5, 5.41) is 10.7. The lowest BCUT2D eigenvalue weighted by molar-refractivity contribution is -0.104. The van der Waals surface area contributed by atoms with Gasteiger partial charge >= 0.3 is 0 Å². The molecule has 9 heteroatoms. The topological polar surface area (TPSA) is 108 Å². The zero-order valence-electron chi connectivity index (χ0n) is 17.0. The molecule has 0 aliphatic carbocycles. The molecule has 0 saturated carbocycles. The summed E-state index contributed by atoms with van der Waals surface area (Å²) in [7, 11) is 1.68. The molecule has 0 unspecified atom stereocenters. The molecule has 1 aromatic carbocycles. The number of nitrogens with zero attached hydrogens (tertiary/aromatic N) is 5. The van der Waals surface area contributed by atoms with Crippen molar-refractivity contribution < 1.29 is 9.53 Å². The summed E-state index contributed by atoms with van der Waals surface area (Å²) in [6.07, 6.45) is 5.19. The maximum absolute atomic E-state index is 10.8. The van der Waals surface area contributed by atoms with Gasteiger partial charge in [-0.1, -0.05) is 18.7 Å². The summed E-state index contributed by atoms with van der Waals surface area (Å²) in [4.78, 5) is 21.4. The Morgan fingerprint density at radius 2 is 2.17 bits per heavy atom. The van der Waals surface area contributed by atoms with E-state index in [1.54, 1.807) is 25.1 Å². The Balaban J connectivity index is 0.000000687. The Bertz CT molecular complexity index is 928. The summed E-state index contributed by atoms with van der Waals surface area (Å²) in [6, 6.07) is 5.80. The third kappa shape index (κ3) is 5.69. The predicted molar refractivity (Wildman–Crippen MR) is 114 cm³/mol. The number of guanidine groups is 1. The van der Waals surface area contributed by atoms with Crippen molar-refractivity contribution in [3.05, 3.63) is 54.1 Å². The average molecular weight is 395 g/mol. The van der Waals surface area contributed by atoms with E-state index in [0.717, 1.165) is 29.7 Å². The van der Waals surface area contributed by atoms with Gasteiger partial charge in [-0.25, -0.2) is 15.4 Å². The maximum Gasteiger partial charge on any atom is 0.229 e. The number of aryl methyl sites for hydroxylation is 1. The van der Waals surface area contributed by atoms with Crippen LogP contribution in [-0.4, -0.2) is 52.3 Å². The van der Waals surface area contributed by atoms with E-state index in [-0.39, 0.29) is 0 Å². The number of nitrogens with one attached hydrogen (secondary N) is 2. The predicted octanol–water partition coefficient (Wildman–Crippen LogP) is 2.93. The number of aldehydes is 1. The fraction of sp³-hybridized carbons (Fsp3) is 0.250. The van der Waals surface area contributed by atoms with Gasteiger partial charge in [0.1, 0.15) is 12.6 Å². The van der Waals surface area contributed by atoms with E-state index in [2.05, 4.69) is 42.0 Å². The Hall–Kier alpha value is -3.59. The summed E-state index contributed by atoms with van der Waals surface area (Å²) < 4.78 is 4.54. The van der Waals surface area contributed by atoms with Gasteiger partial charge in [-0.3, -0.25) is 14.8 Å². The van der Waals surface area contributed by atoms with E-state index in [0.29, 0.717) is 23.2 Å². The molecule has 2 N–H and O–H groups in total. The van der Waals surface area contributed by atoms with Gasteiger partial charge in [0, 0.05) is 25.0 Å². The van der Waals surface area contributed by atoms with Gasteiger partial charge in [0.25, 0.3) is 0 Å². The largest absolute Gasteiger partial charge is 0.385 e. The normalized spacial score (nSPS) is 15.0. The number of methoxy groups -OCH3 is 1. The highest BCUT2D eigenvalue weighted by molar-refractivity contribution is 5.96. The first-order valence-corrected chi connectivity index (χ1v) is 8.96. The molecular formula is C20H25N7O2. The molecule has 1 aromatic heterocycles. The number of aliphatic imine (C=N–C) groups is 1. The van der Waals surface area contributed by atoms with Crippen LogP contribution in [0.2, 0.25) is 0 Å². The molecule has 0 spiro atoms. The smallest absolute Gasteiger partial charge is 0.229 e. The highest BCUT2D eigenvalue weighted by atomic mass is 16.5. The zero-order valence-corrected chi connectivity index (χ0v) is 17.0. The highest BCUT2D eigenvalue weighted by Gasteiger charge is 2.19. The number of carbonyl (C=O) groups excluding carboxylic acids is 1. The summed E-state index contributed by atoms with van der Waals surface area (Å²) >= 11 is 0. The standard InChI is InChI=1S/C17H17N7O.C3H8O/c1-11-4-5-14(16-18-10-20-22-16)8-15(11)21-17-23-19-9-13(3)24(17)12(2)6-7-25;1-3-4-2/h4-10H,3H2,1-2H3,(H,21,23)(H,18,20,22);3H2,1-2H3/b12-6+;.